The van der Waals surface area contributed by atoms with Crippen LogP contribution in [0.5, 0.6) is 0 Å². The summed E-state index contributed by atoms with van der Waals surface area (Å²) in [6, 6.07) is 2.26. The molecule has 0 aliphatic heterocycles. The van der Waals surface area contributed by atoms with E-state index < -0.39 is 7.81 Å². The zero-order chi connectivity index (χ0) is 18.5. The van der Waals surface area contributed by atoms with Crippen molar-refractivity contribution in [3.63, 3.8) is 0 Å². The molecular formula is C16H21F6FeP+. The molecule has 0 spiro atoms. The molecule has 1 aliphatic rings. The second-order valence-electron chi connectivity index (χ2n) is 5.31. The Morgan fingerprint density at radius 3 is 0.958 bits per heavy atom. The number of rotatable bonds is 0. The summed E-state index contributed by atoms with van der Waals surface area (Å²) in [5.41, 5.74) is 7.14. The summed E-state index contributed by atoms with van der Waals surface area (Å²) in [7, 11) is -10.7. The molecule has 24 heavy (non-hydrogen) atoms. The number of benzene rings is 1. The molecule has 139 valence electrons. The van der Waals surface area contributed by atoms with Crippen molar-refractivity contribution in [3.05, 3.63) is 66.0 Å². The second-order valence-corrected chi connectivity index (χ2v) is 7.22. The first-order valence-electron chi connectivity index (χ1n) is 6.76. The van der Waals surface area contributed by atoms with Gasteiger partial charge in [-0.05, 0) is 94.5 Å². The van der Waals surface area contributed by atoms with E-state index in [9.17, 15) is 25.2 Å². The van der Waals surface area contributed by atoms with E-state index in [1.165, 1.54) is 27.8 Å². The molecule has 0 heterocycles. The van der Waals surface area contributed by atoms with Crippen LogP contribution < -0.4 is 0 Å². The third-order valence-electron chi connectivity index (χ3n) is 3.30. The SMILES string of the molecule is Cc1cc(C)c(C)c(C)c1C.F[P-](F)(F)(F)(F)F.[CH]1[CH][CH][CH][CH]1.[Fe+2]. The monoisotopic (exact) mass is 414 g/mol. The molecule has 0 amide bonds. The minimum absolute atomic E-state index is 0. The van der Waals surface area contributed by atoms with Crippen LogP contribution >= 0.6 is 7.81 Å². The van der Waals surface area contributed by atoms with Gasteiger partial charge in [-0.15, -0.1) is 0 Å². The maximum atomic E-state index is 9.87. The Balaban J connectivity index is 0. The van der Waals surface area contributed by atoms with Crippen LogP contribution in [0.1, 0.15) is 27.8 Å². The molecule has 0 nitrogen and oxygen atoms in total. The van der Waals surface area contributed by atoms with Gasteiger partial charge in [0, 0.05) is 0 Å². The Bertz CT molecular complexity index is 488. The molecule has 0 unspecified atom stereocenters. The third-order valence-corrected chi connectivity index (χ3v) is 3.30. The molecule has 1 aromatic rings. The van der Waals surface area contributed by atoms with Gasteiger partial charge in [0.1, 0.15) is 0 Å². The van der Waals surface area contributed by atoms with Crippen LogP contribution in [0, 0.1) is 66.7 Å². The van der Waals surface area contributed by atoms with Crippen molar-refractivity contribution in [2.24, 2.45) is 0 Å². The molecule has 0 bridgehead atoms. The van der Waals surface area contributed by atoms with Gasteiger partial charge >= 0.3 is 50.1 Å². The normalized spacial score (nSPS) is 16.5. The van der Waals surface area contributed by atoms with Crippen molar-refractivity contribution in [2.75, 3.05) is 0 Å². The average molecular weight is 414 g/mol. The Morgan fingerprint density at radius 2 is 0.750 bits per heavy atom. The number of halogens is 6. The summed E-state index contributed by atoms with van der Waals surface area (Å²) in [4.78, 5) is 0. The van der Waals surface area contributed by atoms with Crippen molar-refractivity contribution in [3.8, 4) is 0 Å². The summed E-state index contributed by atoms with van der Waals surface area (Å²) in [5.74, 6) is 0. The van der Waals surface area contributed by atoms with Crippen molar-refractivity contribution in [1.29, 1.82) is 0 Å². The van der Waals surface area contributed by atoms with Crippen molar-refractivity contribution < 1.29 is 42.3 Å². The van der Waals surface area contributed by atoms with Gasteiger partial charge in [-0.3, -0.25) is 0 Å². The number of hydrogen-bond donors (Lipinski definition) is 0. The first-order valence-corrected chi connectivity index (χ1v) is 8.79. The fourth-order valence-corrected chi connectivity index (χ4v) is 1.73. The first kappa shape index (κ1) is 26.0. The molecule has 1 aromatic carbocycles. The smallest absolute Gasteiger partial charge is 0.0312 e. The average Bonchev–Trinajstić information content (AvgIpc) is 2.89. The molecule has 1 aliphatic carbocycles. The second kappa shape index (κ2) is 8.42. The van der Waals surface area contributed by atoms with Crippen LogP contribution in [-0.2, 0) is 17.1 Å². The zero-order valence-electron chi connectivity index (χ0n) is 14.0. The van der Waals surface area contributed by atoms with Gasteiger partial charge in [-0.25, -0.2) is 0 Å². The minimum Gasteiger partial charge on any atom is -0.0312 e. The molecule has 5 radical (unpaired) electrons. The van der Waals surface area contributed by atoms with Crippen LogP contribution in [-0.4, -0.2) is 0 Å². The summed E-state index contributed by atoms with van der Waals surface area (Å²) >= 11 is 0. The molecule has 0 saturated heterocycles. The molecule has 2 rings (SSSR count). The van der Waals surface area contributed by atoms with Crippen LogP contribution in [0.3, 0.4) is 0 Å². The Hall–Kier alpha value is -0.251. The minimum atomic E-state index is -10.7. The van der Waals surface area contributed by atoms with E-state index in [0.29, 0.717) is 0 Å². The summed E-state index contributed by atoms with van der Waals surface area (Å²) in [5, 5.41) is 0. The van der Waals surface area contributed by atoms with Gasteiger partial charge in [0.25, 0.3) is 0 Å². The molecular weight excluding hydrogens is 393 g/mol. The van der Waals surface area contributed by atoms with Crippen LogP contribution in [0.4, 0.5) is 25.2 Å². The van der Waals surface area contributed by atoms with Gasteiger partial charge in [-0.1, -0.05) is 6.07 Å². The van der Waals surface area contributed by atoms with Gasteiger partial charge in [0.15, 0.2) is 0 Å². The largest absolute Gasteiger partial charge is 2.00 e. The van der Waals surface area contributed by atoms with Crippen molar-refractivity contribution in [1.82, 2.24) is 0 Å². The van der Waals surface area contributed by atoms with E-state index in [-0.39, 0.29) is 17.1 Å². The van der Waals surface area contributed by atoms with E-state index in [2.05, 4.69) is 40.7 Å². The van der Waals surface area contributed by atoms with Gasteiger partial charge < -0.3 is 0 Å². The molecule has 0 N–H and O–H groups in total. The number of hydrogen-bond acceptors (Lipinski definition) is 0. The predicted molar refractivity (Wildman–Crippen MR) is 85.2 cm³/mol. The Kier molecular flexibility index (Phi) is 9.12. The van der Waals surface area contributed by atoms with Gasteiger partial charge in [-0.2, -0.15) is 0 Å². The third kappa shape index (κ3) is 15.3. The molecule has 0 atom stereocenters. The fraction of sp³-hybridized carbons (Fsp3) is 0.312. The van der Waals surface area contributed by atoms with Crippen molar-refractivity contribution >= 4 is 7.81 Å². The van der Waals surface area contributed by atoms with E-state index in [0.717, 1.165) is 0 Å². The fourth-order valence-electron chi connectivity index (χ4n) is 1.73. The van der Waals surface area contributed by atoms with Crippen LogP contribution in [0.2, 0.25) is 0 Å². The Labute approximate surface area is 151 Å². The van der Waals surface area contributed by atoms with E-state index in [1.807, 2.05) is 32.1 Å². The Morgan fingerprint density at radius 1 is 0.542 bits per heavy atom. The van der Waals surface area contributed by atoms with Crippen LogP contribution in [0.15, 0.2) is 6.07 Å². The predicted octanol–water partition coefficient (Wildman–Crippen LogP) is 7.63. The van der Waals surface area contributed by atoms with Crippen LogP contribution in [0.25, 0.3) is 0 Å². The molecule has 1 saturated carbocycles. The van der Waals surface area contributed by atoms with E-state index in [4.69, 9.17) is 0 Å². The van der Waals surface area contributed by atoms with Crippen molar-refractivity contribution in [2.45, 2.75) is 34.6 Å². The topological polar surface area (TPSA) is 0 Å². The van der Waals surface area contributed by atoms with Gasteiger partial charge in [0.2, 0.25) is 0 Å². The maximum Gasteiger partial charge on any atom is 2.00 e. The first-order chi connectivity index (χ1) is 9.99. The summed E-state index contributed by atoms with van der Waals surface area (Å²) in [6.07, 6.45) is 10.0. The summed E-state index contributed by atoms with van der Waals surface area (Å²) < 4.78 is 59.2. The molecule has 0 aromatic heterocycles. The number of aryl methyl sites for hydroxylation is 2. The summed E-state index contributed by atoms with van der Waals surface area (Å²) in [6.45, 7) is 10.9. The zero-order valence-corrected chi connectivity index (χ0v) is 16.0. The molecule has 1 fully saturated rings. The quantitative estimate of drug-likeness (QED) is 0.233. The van der Waals surface area contributed by atoms with E-state index >= 15 is 0 Å². The van der Waals surface area contributed by atoms with E-state index in [1.54, 1.807) is 0 Å². The maximum absolute atomic E-state index is 10.7. The standard InChI is InChI=1S/C11H16.C5H5.F6P.Fe/c1-7-6-8(2)10(4)11(5)9(7)3;1-2-4-5-3-1;1-7(2,3,4,5)6;/h6H,1-5H3;1-5H;;/q;;-1;+2. The molecule has 8 heteroatoms. The van der Waals surface area contributed by atoms with Gasteiger partial charge in [0.05, 0.1) is 0 Å².